The van der Waals surface area contributed by atoms with Crippen LogP contribution in [-0.4, -0.2) is 49.6 Å². The fourth-order valence-corrected chi connectivity index (χ4v) is 3.04. The van der Waals surface area contributed by atoms with Gasteiger partial charge in [-0.05, 0) is 64.2 Å². The van der Waals surface area contributed by atoms with Crippen LogP contribution >= 0.6 is 24.8 Å². The molecule has 6 heteroatoms. The number of piperidine rings is 1. The number of carbonyl (C=O) groups excluding carboxylic acids is 1. The Balaban J connectivity index is 0.00000200. The van der Waals surface area contributed by atoms with E-state index in [9.17, 15) is 4.79 Å². The summed E-state index contributed by atoms with van der Waals surface area (Å²) >= 11 is 0. The normalized spacial score (nSPS) is 23.2. The molecule has 0 saturated carbocycles. The molecule has 0 aromatic heterocycles. The van der Waals surface area contributed by atoms with Crippen LogP contribution in [0.4, 0.5) is 0 Å². The van der Waals surface area contributed by atoms with Gasteiger partial charge in [0.1, 0.15) is 0 Å². The van der Waals surface area contributed by atoms with Crippen LogP contribution in [0, 0.1) is 5.92 Å². The first-order chi connectivity index (χ1) is 9.24. The quantitative estimate of drug-likeness (QED) is 0.729. The summed E-state index contributed by atoms with van der Waals surface area (Å²) < 4.78 is 0. The highest BCUT2D eigenvalue weighted by Gasteiger charge is 2.17. The maximum absolute atomic E-state index is 11.7. The van der Waals surface area contributed by atoms with Crippen LogP contribution < -0.4 is 10.6 Å². The number of carbonyl (C=O) groups is 1. The first kappa shape index (κ1) is 21.0. The van der Waals surface area contributed by atoms with Gasteiger partial charge < -0.3 is 15.5 Å². The standard InChI is InChI=1S/C15H29N3O.2ClH/c1-13-5-10-18(11-6-13)9-3-8-17-15(19)12-14-4-2-7-16-14;;/h13-14,16H,2-12H2,1H3,(H,17,19);2*1H. The number of hydrogen-bond acceptors (Lipinski definition) is 3. The Morgan fingerprint density at radius 1 is 1.24 bits per heavy atom. The van der Waals surface area contributed by atoms with E-state index >= 15 is 0 Å². The molecular formula is C15H31Cl2N3O. The molecule has 2 fully saturated rings. The lowest BCUT2D eigenvalue weighted by Gasteiger charge is -2.30. The Labute approximate surface area is 141 Å². The van der Waals surface area contributed by atoms with Crippen molar-refractivity contribution in [3.05, 3.63) is 0 Å². The molecule has 2 N–H and O–H groups in total. The van der Waals surface area contributed by atoms with Gasteiger partial charge in [-0.3, -0.25) is 4.79 Å². The van der Waals surface area contributed by atoms with Gasteiger partial charge in [0, 0.05) is 19.0 Å². The SMILES string of the molecule is CC1CCN(CCCNC(=O)CC2CCCN2)CC1.Cl.Cl. The molecule has 0 aliphatic carbocycles. The lowest BCUT2D eigenvalue weighted by molar-refractivity contribution is -0.121. The Kier molecular flexibility index (Phi) is 11.5. The molecule has 4 nitrogen and oxygen atoms in total. The second-order valence-corrected chi connectivity index (χ2v) is 6.23. The number of rotatable bonds is 6. The van der Waals surface area contributed by atoms with E-state index in [0.29, 0.717) is 12.5 Å². The van der Waals surface area contributed by atoms with Crippen LogP contribution in [0.15, 0.2) is 0 Å². The summed E-state index contributed by atoms with van der Waals surface area (Å²) in [5.41, 5.74) is 0. The summed E-state index contributed by atoms with van der Waals surface area (Å²) in [6.45, 7) is 7.86. The van der Waals surface area contributed by atoms with E-state index in [0.717, 1.165) is 38.4 Å². The summed E-state index contributed by atoms with van der Waals surface area (Å²) in [4.78, 5) is 14.3. The maximum atomic E-state index is 11.7. The third kappa shape index (κ3) is 8.24. The van der Waals surface area contributed by atoms with E-state index in [1.165, 1.54) is 32.4 Å². The topological polar surface area (TPSA) is 44.4 Å². The first-order valence-electron chi connectivity index (χ1n) is 7.96. The number of hydrogen-bond donors (Lipinski definition) is 2. The molecule has 1 unspecified atom stereocenters. The van der Waals surface area contributed by atoms with Crippen molar-refractivity contribution >= 4 is 30.7 Å². The van der Waals surface area contributed by atoms with Crippen LogP contribution in [0.3, 0.4) is 0 Å². The highest BCUT2D eigenvalue weighted by Crippen LogP contribution is 2.15. The van der Waals surface area contributed by atoms with E-state index < -0.39 is 0 Å². The molecule has 21 heavy (non-hydrogen) atoms. The fourth-order valence-electron chi connectivity index (χ4n) is 3.04. The first-order valence-corrected chi connectivity index (χ1v) is 7.96. The average molecular weight is 340 g/mol. The number of nitrogens with one attached hydrogen (secondary N) is 2. The van der Waals surface area contributed by atoms with Crippen LogP contribution in [0.1, 0.15) is 45.4 Å². The molecule has 1 amide bonds. The molecule has 2 aliphatic rings. The highest BCUT2D eigenvalue weighted by atomic mass is 35.5. The predicted octanol–water partition coefficient (Wildman–Crippen LogP) is 2.21. The number of amides is 1. The smallest absolute Gasteiger partial charge is 0.221 e. The van der Waals surface area contributed by atoms with Crippen molar-refractivity contribution in [2.75, 3.05) is 32.7 Å². The van der Waals surface area contributed by atoms with Crippen molar-refractivity contribution in [1.29, 1.82) is 0 Å². The largest absolute Gasteiger partial charge is 0.356 e. The number of nitrogens with zero attached hydrogens (tertiary/aromatic N) is 1. The lowest BCUT2D eigenvalue weighted by atomic mass is 9.99. The van der Waals surface area contributed by atoms with Gasteiger partial charge in [0.2, 0.25) is 5.91 Å². The monoisotopic (exact) mass is 339 g/mol. The van der Waals surface area contributed by atoms with Crippen LogP contribution in [0.5, 0.6) is 0 Å². The van der Waals surface area contributed by atoms with Gasteiger partial charge in [0.05, 0.1) is 0 Å². The zero-order chi connectivity index (χ0) is 13.5. The minimum atomic E-state index is 0. The Morgan fingerprint density at radius 2 is 1.95 bits per heavy atom. The van der Waals surface area contributed by atoms with Gasteiger partial charge in [-0.2, -0.15) is 0 Å². The maximum Gasteiger partial charge on any atom is 0.221 e. The summed E-state index contributed by atoms with van der Waals surface area (Å²) in [6.07, 6.45) is 6.77. The average Bonchev–Trinajstić information content (AvgIpc) is 2.89. The fraction of sp³-hybridized carbons (Fsp3) is 0.933. The van der Waals surface area contributed by atoms with E-state index in [2.05, 4.69) is 22.5 Å². The Morgan fingerprint density at radius 3 is 2.57 bits per heavy atom. The van der Waals surface area contributed by atoms with Crippen molar-refractivity contribution in [2.45, 2.75) is 51.5 Å². The van der Waals surface area contributed by atoms with Gasteiger partial charge in [-0.15, -0.1) is 24.8 Å². The molecule has 0 aromatic carbocycles. The van der Waals surface area contributed by atoms with E-state index in [-0.39, 0.29) is 30.7 Å². The van der Waals surface area contributed by atoms with Crippen molar-refractivity contribution in [2.24, 2.45) is 5.92 Å². The highest BCUT2D eigenvalue weighted by molar-refractivity contribution is 5.85. The molecule has 2 heterocycles. The van der Waals surface area contributed by atoms with Crippen LogP contribution in [0.2, 0.25) is 0 Å². The molecule has 0 bridgehead atoms. The number of halogens is 2. The van der Waals surface area contributed by atoms with E-state index in [4.69, 9.17) is 0 Å². The van der Waals surface area contributed by atoms with Crippen molar-refractivity contribution in [3.63, 3.8) is 0 Å². The van der Waals surface area contributed by atoms with Gasteiger partial charge in [-0.1, -0.05) is 6.92 Å². The van der Waals surface area contributed by atoms with Crippen molar-refractivity contribution in [3.8, 4) is 0 Å². The van der Waals surface area contributed by atoms with Crippen LogP contribution in [-0.2, 0) is 4.79 Å². The summed E-state index contributed by atoms with van der Waals surface area (Å²) in [5.74, 6) is 1.11. The Bertz CT molecular complexity index is 278. The molecule has 0 aromatic rings. The summed E-state index contributed by atoms with van der Waals surface area (Å²) in [7, 11) is 0. The lowest BCUT2D eigenvalue weighted by Crippen LogP contribution is -2.36. The van der Waals surface area contributed by atoms with E-state index in [1.54, 1.807) is 0 Å². The minimum Gasteiger partial charge on any atom is -0.356 e. The second-order valence-electron chi connectivity index (χ2n) is 6.23. The number of likely N-dealkylation sites (tertiary alicyclic amines) is 1. The van der Waals surface area contributed by atoms with Gasteiger partial charge in [-0.25, -0.2) is 0 Å². The van der Waals surface area contributed by atoms with Crippen LogP contribution in [0.25, 0.3) is 0 Å². The zero-order valence-electron chi connectivity index (χ0n) is 13.1. The van der Waals surface area contributed by atoms with E-state index in [1.807, 2.05) is 0 Å². The molecule has 0 spiro atoms. The molecular weight excluding hydrogens is 309 g/mol. The summed E-state index contributed by atoms with van der Waals surface area (Å²) in [6, 6.07) is 0.420. The van der Waals surface area contributed by atoms with Crippen molar-refractivity contribution < 1.29 is 4.79 Å². The molecule has 2 saturated heterocycles. The third-order valence-electron chi connectivity index (χ3n) is 4.44. The molecule has 0 radical (unpaired) electrons. The molecule has 2 aliphatic heterocycles. The zero-order valence-corrected chi connectivity index (χ0v) is 14.7. The van der Waals surface area contributed by atoms with Gasteiger partial charge >= 0.3 is 0 Å². The third-order valence-corrected chi connectivity index (χ3v) is 4.44. The predicted molar refractivity (Wildman–Crippen MR) is 92.6 cm³/mol. The minimum absolute atomic E-state index is 0. The molecule has 126 valence electrons. The van der Waals surface area contributed by atoms with Crippen molar-refractivity contribution in [1.82, 2.24) is 15.5 Å². The van der Waals surface area contributed by atoms with Gasteiger partial charge in [0.15, 0.2) is 0 Å². The molecule has 1 atom stereocenters. The molecule has 2 rings (SSSR count). The summed E-state index contributed by atoms with van der Waals surface area (Å²) in [5, 5.41) is 6.42. The second kappa shape index (κ2) is 11.5. The van der Waals surface area contributed by atoms with Gasteiger partial charge in [0.25, 0.3) is 0 Å². The Hall–Kier alpha value is -0.0300.